The molecular formula is C16H21N3. The van der Waals surface area contributed by atoms with Gasteiger partial charge in [-0.05, 0) is 43.4 Å². The fourth-order valence-electron chi connectivity index (χ4n) is 3.55. The molecule has 0 saturated carbocycles. The van der Waals surface area contributed by atoms with Crippen LogP contribution in [-0.2, 0) is 12.0 Å². The zero-order chi connectivity index (χ0) is 13.1. The van der Waals surface area contributed by atoms with Gasteiger partial charge in [0, 0.05) is 19.6 Å². The molecule has 3 heteroatoms. The first-order valence-electron chi connectivity index (χ1n) is 7.32. The van der Waals surface area contributed by atoms with Crippen LogP contribution < -0.4 is 5.32 Å². The SMILES string of the molecule is N#CC1(N2CCCNCC2)CCCc2ccccc21. The van der Waals surface area contributed by atoms with Crippen LogP contribution in [-0.4, -0.2) is 31.1 Å². The van der Waals surface area contributed by atoms with Gasteiger partial charge in [-0.2, -0.15) is 5.26 Å². The minimum Gasteiger partial charge on any atom is -0.315 e. The summed E-state index contributed by atoms with van der Waals surface area (Å²) in [5.41, 5.74) is 2.24. The molecule has 0 aromatic heterocycles. The van der Waals surface area contributed by atoms with Crippen molar-refractivity contribution in [2.24, 2.45) is 0 Å². The van der Waals surface area contributed by atoms with Gasteiger partial charge in [0.25, 0.3) is 0 Å². The highest BCUT2D eigenvalue weighted by Gasteiger charge is 2.41. The summed E-state index contributed by atoms with van der Waals surface area (Å²) in [7, 11) is 0. The first-order valence-corrected chi connectivity index (χ1v) is 7.32. The number of benzene rings is 1. The fraction of sp³-hybridized carbons (Fsp3) is 0.562. The van der Waals surface area contributed by atoms with Crippen LogP contribution in [0.3, 0.4) is 0 Å². The van der Waals surface area contributed by atoms with Crippen molar-refractivity contribution >= 4 is 0 Å². The third kappa shape index (κ3) is 2.16. The Balaban J connectivity index is 2.02. The standard InChI is InChI=1S/C16H21N3/c17-13-16(19-11-4-9-18-10-12-19)8-3-6-14-5-1-2-7-15(14)16/h1-2,5,7,18H,3-4,6,8-12H2. The van der Waals surface area contributed by atoms with Crippen molar-refractivity contribution in [1.29, 1.82) is 5.26 Å². The Morgan fingerprint density at radius 3 is 2.95 bits per heavy atom. The maximum Gasteiger partial charge on any atom is 0.135 e. The van der Waals surface area contributed by atoms with Crippen molar-refractivity contribution in [3.05, 3.63) is 35.4 Å². The van der Waals surface area contributed by atoms with E-state index in [1.807, 2.05) is 0 Å². The molecule has 1 unspecified atom stereocenters. The van der Waals surface area contributed by atoms with Gasteiger partial charge in [-0.15, -0.1) is 0 Å². The molecule has 0 bridgehead atoms. The second kappa shape index (κ2) is 5.32. The van der Waals surface area contributed by atoms with Crippen LogP contribution in [0.15, 0.2) is 24.3 Å². The Kier molecular flexibility index (Phi) is 3.54. The summed E-state index contributed by atoms with van der Waals surface area (Å²) in [6, 6.07) is 11.2. The molecule has 0 spiro atoms. The lowest BCUT2D eigenvalue weighted by atomic mass is 9.76. The molecule has 1 aromatic rings. The van der Waals surface area contributed by atoms with Gasteiger partial charge in [0.15, 0.2) is 0 Å². The lowest BCUT2D eigenvalue weighted by molar-refractivity contribution is 0.126. The summed E-state index contributed by atoms with van der Waals surface area (Å²) in [5, 5.41) is 13.4. The van der Waals surface area contributed by atoms with E-state index < -0.39 is 0 Å². The summed E-state index contributed by atoms with van der Waals surface area (Å²) in [5.74, 6) is 0. The molecule has 1 atom stereocenters. The van der Waals surface area contributed by atoms with E-state index in [-0.39, 0.29) is 5.54 Å². The van der Waals surface area contributed by atoms with Crippen molar-refractivity contribution < 1.29 is 0 Å². The number of hydrogen-bond donors (Lipinski definition) is 1. The Morgan fingerprint density at radius 2 is 2.05 bits per heavy atom. The van der Waals surface area contributed by atoms with E-state index in [1.54, 1.807) is 0 Å². The summed E-state index contributed by atoms with van der Waals surface area (Å²) in [6.07, 6.45) is 4.34. The number of nitrogens with zero attached hydrogens (tertiary/aromatic N) is 2. The van der Waals surface area contributed by atoms with E-state index in [2.05, 4.69) is 40.6 Å². The van der Waals surface area contributed by atoms with Crippen LogP contribution in [0.5, 0.6) is 0 Å². The largest absolute Gasteiger partial charge is 0.315 e. The van der Waals surface area contributed by atoms with E-state index in [4.69, 9.17) is 0 Å². The van der Waals surface area contributed by atoms with Gasteiger partial charge in [-0.1, -0.05) is 24.3 Å². The number of aryl methyl sites for hydroxylation is 1. The molecule has 1 heterocycles. The lowest BCUT2D eigenvalue weighted by Crippen LogP contribution is -2.48. The monoisotopic (exact) mass is 255 g/mol. The molecule has 1 fully saturated rings. The van der Waals surface area contributed by atoms with E-state index in [9.17, 15) is 5.26 Å². The van der Waals surface area contributed by atoms with Crippen LogP contribution in [0.25, 0.3) is 0 Å². The molecule has 1 aliphatic carbocycles. The number of rotatable bonds is 1. The maximum atomic E-state index is 9.92. The second-order valence-corrected chi connectivity index (χ2v) is 5.57. The van der Waals surface area contributed by atoms with Crippen LogP contribution >= 0.6 is 0 Å². The van der Waals surface area contributed by atoms with Crippen LogP contribution in [0, 0.1) is 11.3 Å². The zero-order valence-corrected chi connectivity index (χ0v) is 11.4. The molecule has 1 aromatic carbocycles. The smallest absolute Gasteiger partial charge is 0.135 e. The van der Waals surface area contributed by atoms with Crippen molar-refractivity contribution in [2.75, 3.05) is 26.2 Å². The van der Waals surface area contributed by atoms with Gasteiger partial charge in [-0.25, -0.2) is 0 Å². The Hall–Kier alpha value is -1.37. The van der Waals surface area contributed by atoms with Gasteiger partial charge in [0.05, 0.1) is 6.07 Å². The molecular weight excluding hydrogens is 234 g/mol. The quantitative estimate of drug-likeness (QED) is 0.834. The third-order valence-electron chi connectivity index (χ3n) is 4.51. The van der Waals surface area contributed by atoms with Gasteiger partial charge in [-0.3, -0.25) is 4.90 Å². The van der Waals surface area contributed by atoms with Crippen LogP contribution in [0.1, 0.15) is 30.4 Å². The second-order valence-electron chi connectivity index (χ2n) is 5.57. The van der Waals surface area contributed by atoms with Gasteiger partial charge < -0.3 is 5.32 Å². The van der Waals surface area contributed by atoms with Crippen molar-refractivity contribution in [1.82, 2.24) is 10.2 Å². The van der Waals surface area contributed by atoms with Crippen LogP contribution in [0.2, 0.25) is 0 Å². The van der Waals surface area contributed by atoms with Gasteiger partial charge in [0.2, 0.25) is 0 Å². The highest BCUT2D eigenvalue weighted by molar-refractivity contribution is 5.41. The van der Waals surface area contributed by atoms with Crippen molar-refractivity contribution in [3.8, 4) is 6.07 Å². The molecule has 0 radical (unpaired) electrons. The lowest BCUT2D eigenvalue weighted by Gasteiger charge is -2.42. The van der Waals surface area contributed by atoms with E-state index in [0.29, 0.717) is 0 Å². The number of hydrogen-bond acceptors (Lipinski definition) is 3. The highest BCUT2D eigenvalue weighted by Crippen LogP contribution is 2.39. The normalized spacial score (nSPS) is 28.2. The number of nitrogens with one attached hydrogen (secondary N) is 1. The Bertz CT molecular complexity index is 483. The molecule has 0 amide bonds. The summed E-state index contributed by atoms with van der Waals surface area (Å²) in [4.78, 5) is 2.41. The van der Waals surface area contributed by atoms with Crippen molar-refractivity contribution in [3.63, 3.8) is 0 Å². The molecule has 3 nitrogen and oxygen atoms in total. The fourth-order valence-corrected chi connectivity index (χ4v) is 3.55. The topological polar surface area (TPSA) is 39.1 Å². The Labute approximate surface area is 115 Å². The minimum absolute atomic E-state index is 0.388. The predicted molar refractivity (Wildman–Crippen MR) is 75.7 cm³/mol. The predicted octanol–water partition coefficient (Wildman–Crippen LogP) is 2.04. The maximum absolute atomic E-state index is 9.92. The molecule has 1 N–H and O–H groups in total. The summed E-state index contributed by atoms with van der Waals surface area (Å²) >= 11 is 0. The zero-order valence-electron chi connectivity index (χ0n) is 11.4. The third-order valence-corrected chi connectivity index (χ3v) is 4.51. The van der Waals surface area contributed by atoms with E-state index in [1.165, 1.54) is 11.1 Å². The molecule has 2 aliphatic rings. The van der Waals surface area contributed by atoms with Crippen molar-refractivity contribution in [2.45, 2.75) is 31.2 Å². The molecule has 1 aliphatic heterocycles. The van der Waals surface area contributed by atoms with Gasteiger partial charge in [0.1, 0.15) is 5.54 Å². The summed E-state index contributed by atoms with van der Waals surface area (Å²) < 4.78 is 0. The number of nitriles is 1. The van der Waals surface area contributed by atoms with Gasteiger partial charge >= 0.3 is 0 Å². The molecule has 3 rings (SSSR count). The van der Waals surface area contributed by atoms with E-state index >= 15 is 0 Å². The first kappa shape index (κ1) is 12.7. The first-order chi connectivity index (χ1) is 9.37. The number of fused-ring (bicyclic) bond motifs is 1. The molecule has 19 heavy (non-hydrogen) atoms. The average molecular weight is 255 g/mol. The Morgan fingerprint density at radius 1 is 1.16 bits per heavy atom. The average Bonchev–Trinajstić information content (AvgIpc) is 2.76. The molecule has 100 valence electrons. The highest BCUT2D eigenvalue weighted by atomic mass is 15.2. The summed E-state index contributed by atoms with van der Waals surface area (Å²) in [6.45, 7) is 4.06. The van der Waals surface area contributed by atoms with E-state index in [0.717, 1.165) is 51.9 Å². The minimum atomic E-state index is -0.388. The van der Waals surface area contributed by atoms with Crippen LogP contribution in [0.4, 0.5) is 0 Å². The molecule has 1 saturated heterocycles.